The molecule has 4 nitrogen and oxygen atoms in total. The average molecular weight is 295 g/mol. The van der Waals surface area contributed by atoms with Crippen molar-refractivity contribution in [1.82, 2.24) is 4.57 Å². The number of nitrogens with zero attached hydrogens (tertiary/aromatic N) is 1. The monoisotopic (exact) mass is 294 g/mol. The van der Waals surface area contributed by atoms with E-state index >= 15 is 0 Å². The van der Waals surface area contributed by atoms with E-state index in [4.69, 9.17) is 21.8 Å². The fourth-order valence-electron chi connectivity index (χ4n) is 2.00. The summed E-state index contributed by atoms with van der Waals surface area (Å²) in [6.45, 7) is 0. The zero-order valence-corrected chi connectivity index (χ0v) is 11.7. The molecule has 0 aliphatic rings. The van der Waals surface area contributed by atoms with Crippen molar-refractivity contribution in [1.29, 1.82) is 0 Å². The minimum Gasteiger partial charge on any atom is -0.408 e. The molecule has 2 N–H and O–H groups in total. The van der Waals surface area contributed by atoms with E-state index < -0.39 is 0 Å². The molecule has 0 saturated carbocycles. The van der Waals surface area contributed by atoms with Gasteiger partial charge in [0.1, 0.15) is 0 Å². The van der Waals surface area contributed by atoms with Crippen LogP contribution >= 0.6 is 22.9 Å². The number of halogens is 1. The first-order valence-electron chi connectivity index (χ1n) is 5.66. The minimum absolute atomic E-state index is 0.271. The van der Waals surface area contributed by atoms with E-state index in [1.165, 1.54) is 15.9 Å². The van der Waals surface area contributed by atoms with Crippen LogP contribution in [-0.4, -0.2) is 4.57 Å². The van der Waals surface area contributed by atoms with Crippen molar-refractivity contribution in [3.8, 4) is 0 Å². The Labute approximate surface area is 118 Å². The van der Waals surface area contributed by atoms with Gasteiger partial charge in [-0.2, -0.15) is 0 Å². The molecule has 0 aliphatic carbocycles. The second-order valence-electron chi connectivity index (χ2n) is 4.27. The number of aryl methyl sites for hydroxylation is 1. The number of fused-ring (bicyclic) bond motifs is 1. The Balaban J connectivity index is 2.08. The Morgan fingerprint density at radius 3 is 2.84 bits per heavy atom. The zero-order valence-electron chi connectivity index (χ0n) is 10.1. The number of aromatic nitrogens is 1. The lowest BCUT2D eigenvalue weighted by atomic mass is 10.1. The quantitative estimate of drug-likeness (QED) is 0.790. The van der Waals surface area contributed by atoms with Gasteiger partial charge in [0.15, 0.2) is 5.58 Å². The molecule has 98 valence electrons. The van der Waals surface area contributed by atoms with E-state index in [-0.39, 0.29) is 11.8 Å². The number of rotatable bonds is 2. The lowest BCUT2D eigenvalue weighted by Gasteiger charge is -2.09. The summed E-state index contributed by atoms with van der Waals surface area (Å²) in [5.74, 6) is -0.375. The Bertz CT molecular complexity index is 802. The molecule has 2 heterocycles. The van der Waals surface area contributed by atoms with E-state index in [9.17, 15) is 4.79 Å². The number of thiophene rings is 1. The van der Waals surface area contributed by atoms with Crippen LogP contribution in [0.2, 0.25) is 4.34 Å². The number of hydrogen-bond acceptors (Lipinski definition) is 4. The average Bonchev–Trinajstić information content (AvgIpc) is 2.94. The van der Waals surface area contributed by atoms with E-state index in [0.29, 0.717) is 9.92 Å². The molecule has 0 aliphatic heterocycles. The van der Waals surface area contributed by atoms with Crippen LogP contribution in [-0.2, 0) is 7.05 Å². The molecular weight excluding hydrogens is 284 g/mol. The summed E-state index contributed by atoms with van der Waals surface area (Å²) in [4.78, 5) is 12.4. The zero-order chi connectivity index (χ0) is 13.6. The first kappa shape index (κ1) is 12.5. The van der Waals surface area contributed by atoms with E-state index in [1.807, 2.05) is 24.3 Å². The summed E-state index contributed by atoms with van der Waals surface area (Å²) in [5.41, 5.74) is 8.38. The summed E-state index contributed by atoms with van der Waals surface area (Å²) in [7, 11) is 1.67. The van der Waals surface area contributed by atoms with Crippen LogP contribution in [0, 0.1) is 0 Å². The third-order valence-corrected chi connectivity index (χ3v) is 4.39. The van der Waals surface area contributed by atoms with Gasteiger partial charge in [-0.25, -0.2) is 4.79 Å². The first-order valence-corrected chi connectivity index (χ1v) is 6.86. The van der Waals surface area contributed by atoms with Crippen LogP contribution in [0.25, 0.3) is 11.1 Å². The fourth-order valence-corrected chi connectivity index (χ4v) is 3.09. The molecule has 0 saturated heterocycles. The van der Waals surface area contributed by atoms with Crippen molar-refractivity contribution < 1.29 is 4.42 Å². The Hall–Kier alpha value is -1.56. The van der Waals surface area contributed by atoms with Gasteiger partial charge in [0.25, 0.3) is 0 Å². The molecule has 0 bridgehead atoms. The summed E-state index contributed by atoms with van der Waals surface area (Å²) < 4.78 is 7.33. The van der Waals surface area contributed by atoms with Gasteiger partial charge >= 0.3 is 5.76 Å². The van der Waals surface area contributed by atoms with Crippen LogP contribution < -0.4 is 11.5 Å². The number of hydrogen-bond donors (Lipinski definition) is 1. The van der Waals surface area contributed by atoms with Crippen LogP contribution in [0.5, 0.6) is 0 Å². The van der Waals surface area contributed by atoms with Crippen LogP contribution in [0.15, 0.2) is 39.5 Å². The highest BCUT2D eigenvalue weighted by Gasteiger charge is 2.14. The standard InChI is InChI=1S/C13H11ClN2O2S/c1-16-8-3-2-7(6-9(8)18-13(16)17)12(15)10-4-5-11(14)19-10/h2-6,12H,15H2,1H3. The Kier molecular flexibility index (Phi) is 2.97. The van der Waals surface area contributed by atoms with E-state index in [0.717, 1.165) is 16.0 Å². The fraction of sp³-hybridized carbons (Fsp3) is 0.154. The lowest BCUT2D eigenvalue weighted by molar-refractivity contribution is 0.527. The van der Waals surface area contributed by atoms with Crippen LogP contribution in [0.4, 0.5) is 0 Å². The minimum atomic E-state index is -0.375. The topological polar surface area (TPSA) is 61.2 Å². The van der Waals surface area contributed by atoms with Gasteiger partial charge in [0, 0.05) is 11.9 Å². The van der Waals surface area contributed by atoms with E-state index in [1.54, 1.807) is 13.1 Å². The van der Waals surface area contributed by atoms with Crippen molar-refractivity contribution in [2.45, 2.75) is 6.04 Å². The molecule has 0 amide bonds. The first-order chi connectivity index (χ1) is 9.06. The van der Waals surface area contributed by atoms with Gasteiger partial charge in [-0.15, -0.1) is 11.3 Å². The van der Waals surface area contributed by atoms with Crippen molar-refractivity contribution in [2.24, 2.45) is 12.8 Å². The highest BCUT2D eigenvalue weighted by Crippen LogP contribution is 2.30. The van der Waals surface area contributed by atoms with Gasteiger partial charge in [-0.1, -0.05) is 17.7 Å². The molecular formula is C13H11ClN2O2S. The molecule has 0 fully saturated rings. The molecule has 1 atom stereocenters. The second-order valence-corrected chi connectivity index (χ2v) is 6.02. The van der Waals surface area contributed by atoms with Gasteiger partial charge in [-0.05, 0) is 29.8 Å². The molecule has 3 aromatic rings. The maximum absolute atomic E-state index is 11.4. The van der Waals surface area contributed by atoms with Gasteiger partial charge in [-0.3, -0.25) is 4.57 Å². The molecule has 19 heavy (non-hydrogen) atoms. The summed E-state index contributed by atoms with van der Waals surface area (Å²) in [6, 6.07) is 8.99. The van der Waals surface area contributed by atoms with Gasteiger partial charge in [0.05, 0.1) is 15.9 Å². The molecule has 1 aromatic carbocycles. The SMILES string of the molecule is Cn1c(=O)oc2cc(C(N)c3ccc(Cl)s3)ccc21. The summed E-state index contributed by atoms with van der Waals surface area (Å²) in [5, 5.41) is 0. The summed E-state index contributed by atoms with van der Waals surface area (Å²) >= 11 is 7.36. The largest absolute Gasteiger partial charge is 0.419 e. The molecule has 2 aromatic heterocycles. The Morgan fingerprint density at radius 1 is 1.37 bits per heavy atom. The van der Waals surface area contributed by atoms with Gasteiger partial charge in [0.2, 0.25) is 0 Å². The normalized spacial score (nSPS) is 13.0. The summed E-state index contributed by atoms with van der Waals surface area (Å²) in [6.07, 6.45) is 0. The number of oxazole rings is 1. The van der Waals surface area contributed by atoms with E-state index in [2.05, 4.69) is 0 Å². The third-order valence-electron chi connectivity index (χ3n) is 3.08. The third kappa shape index (κ3) is 2.10. The van der Waals surface area contributed by atoms with Crippen LogP contribution in [0.1, 0.15) is 16.5 Å². The number of nitrogens with two attached hydrogens (primary N) is 1. The Morgan fingerprint density at radius 2 is 2.16 bits per heavy atom. The van der Waals surface area contributed by atoms with Gasteiger partial charge < -0.3 is 10.2 Å². The molecule has 6 heteroatoms. The smallest absolute Gasteiger partial charge is 0.408 e. The second kappa shape index (κ2) is 4.52. The molecule has 0 spiro atoms. The maximum atomic E-state index is 11.4. The van der Waals surface area contributed by atoms with Crippen molar-refractivity contribution >= 4 is 34.0 Å². The molecule has 0 radical (unpaired) electrons. The molecule has 3 rings (SSSR count). The van der Waals surface area contributed by atoms with Crippen molar-refractivity contribution in [2.75, 3.05) is 0 Å². The predicted octanol–water partition coefficient (Wildman–Crippen LogP) is 2.89. The molecule has 1 unspecified atom stereocenters. The highest BCUT2D eigenvalue weighted by atomic mass is 35.5. The predicted molar refractivity (Wildman–Crippen MR) is 76.8 cm³/mol. The maximum Gasteiger partial charge on any atom is 0.419 e. The van der Waals surface area contributed by atoms with Crippen LogP contribution in [0.3, 0.4) is 0 Å². The highest BCUT2D eigenvalue weighted by molar-refractivity contribution is 7.16. The van der Waals surface area contributed by atoms with Crippen molar-refractivity contribution in [3.63, 3.8) is 0 Å². The number of benzene rings is 1. The lowest BCUT2D eigenvalue weighted by Crippen LogP contribution is -2.10. The van der Waals surface area contributed by atoms with Crippen molar-refractivity contribution in [3.05, 3.63) is 55.7 Å².